The van der Waals surface area contributed by atoms with Crippen LogP contribution in [0.2, 0.25) is 0 Å². The maximum absolute atomic E-state index is 13.1. The Labute approximate surface area is 180 Å². The largest absolute Gasteiger partial charge is 0.293 e. The van der Waals surface area contributed by atoms with Crippen molar-refractivity contribution in [2.45, 2.75) is 25.2 Å². The fourth-order valence-electron chi connectivity index (χ4n) is 5.25. The summed E-state index contributed by atoms with van der Waals surface area (Å²) in [5, 5.41) is 14.5. The van der Waals surface area contributed by atoms with Crippen LogP contribution in [0.1, 0.15) is 40.5 Å². The van der Waals surface area contributed by atoms with Crippen LogP contribution in [0.3, 0.4) is 0 Å². The molecule has 31 heavy (non-hydrogen) atoms. The quantitative estimate of drug-likeness (QED) is 0.641. The van der Waals surface area contributed by atoms with Crippen LogP contribution >= 0.6 is 0 Å². The molecule has 1 heterocycles. The van der Waals surface area contributed by atoms with Gasteiger partial charge in [-0.05, 0) is 48.1 Å². The number of aryl methyl sites for hydroxylation is 1. The minimum absolute atomic E-state index is 0.0258. The second kappa shape index (κ2) is 7.17. The van der Waals surface area contributed by atoms with Gasteiger partial charge in [-0.15, -0.1) is 0 Å². The number of hydrogen-bond acceptors (Lipinski definition) is 4. The van der Waals surface area contributed by atoms with Crippen molar-refractivity contribution in [3.63, 3.8) is 0 Å². The number of benzene rings is 2. The van der Waals surface area contributed by atoms with Gasteiger partial charge in [0.2, 0.25) is 0 Å². The topological polar surface area (TPSA) is 75.8 Å². The van der Waals surface area contributed by atoms with Crippen molar-refractivity contribution in [2.24, 2.45) is 11.8 Å². The number of nitriles is 1. The van der Waals surface area contributed by atoms with Gasteiger partial charge < -0.3 is 0 Å². The molecule has 0 N–H and O–H groups in total. The number of rotatable bonds is 2. The van der Waals surface area contributed by atoms with Gasteiger partial charge >= 0.3 is 0 Å². The summed E-state index contributed by atoms with van der Waals surface area (Å²) < 4.78 is 1.41. The fourth-order valence-corrected chi connectivity index (χ4v) is 5.25. The van der Waals surface area contributed by atoms with E-state index in [2.05, 4.69) is 6.07 Å². The second-order valence-corrected chi connectivity index (χ2v) is 8.32. The van der Waals surface area contributed by atoms with Gasteiger partial charge in [0.15, 0.2) is 5.78 Å². The Morgan fingerprint density at radius 2 is 1.81 bits per heavy atom. The van der Waals surface area contributed by atoms with Crippen molar-refractivity contribution in [1.29, 1.82) is 5.26 Å². The number of Topliss-reactive ketones (excluding diaryl/α,β-unsaturated/α-hetero) is 1. The maximum Gasteiger partial charge on any atom is 0.278 e. The summed E-state index contributed by atoms with van der Waals surface area (Å²) in [6, 6.07) is 21.1. The summed E-state index contributed by atoms with van der Waals surface area (Å²) in [6.07, 6.45) is 5.14. The third-order valence-corrected chi connectivity index (χ3v) is 6.75. The highest BCUT2D eigenvalue weighted by molar-refractivity contribution is 6.02. The van der Waals surface area contributed by atoms with Crippen molar-refractivity contribution in [3.8, 4) is 6.07 Å². The van der Waals surface area contributed by atoms with E-state index in [1.165, 1.54) is 4.68 Å². The lowest BCUT2D eigenvalue weighted by Crippen LogP contribution is -2.48. The highest BCUT2D eigenvalue weighted by Crippen LogP contribution is 2.53. The summed E-state index contributed by atoms with van der Waals surface area (Å²) in [5.74, 6) is -0.633. The Hall–Kier alpha value is -3.78. The first-order valence-corrected chi connectivity index (χ1v) is 10.5. The number of hydrogen-bond donors (Lipinski definition) is 0. The normalized spacial score (nSPS) is 24.5. The van der Waals surface area contributed by atoms with Crippen molar-refractivity contribution >= 4 is 11.7 Å². The van der Waals surface area contributed by atoms with E-state index < -0.39 is 5.41 Å². The zero-order valence-electron chi connectivity index (χ0n) is 17.2. The van der Waals surface area contributed by atoms with Crippen LogP contribution < -0.4 is 0 Å². The molecule has 0 bridgehead atoms. The fraction of sp³-hybridized carbons (Fsp3) is 0.231. The number of carbonyl (C=O) groups excluding carboxylic acids is 2. The molecule has 3 aromatic rings. The Morgan fingerprint density at radius 1 is 1.13 bits per heavy atom. The molecule has 3 atom stereocenters. The zero-order valence-corrected chi connectivity index (χ0v) is 17.2. The molecule has 5 heteroatoms. The molecule has 5 nitrogen and oxygen atoms in total. The molecular formula is C26H21N3O2. The molecule has 0 saturated heterocycles. The minimum Gasteiger partial charge on any atom is -0.293 e. The number of ketones is 1. The molecule has 0 spiro atoms. The Balaban J connectivity index is 1.75. The summed E-state index contributed by atoms with van der Waals surface area (Å²) in [6.45, 7) is 1.91. The average molecular weight is 407 g/mol. The van der Waals surface area contributed by atoms with Gasteiger partial charge in [0.1, 0.15) is 6.07 Å². The second-order valence-electron chi connectivity index (χ2n) is 8.32. The third kappa shape index (κ3) is 2.79. The Bertz CT molecular complexity index is 1250. The smallest absolute Gasteiger partial charge is 0.278 e. The summed E-state index contributed by atoms with van der Waals surface area (Å²) in [5.41, 5.74) is 2.77. The van der Waals surface area contributed by atoms with E-state index in [4.69, 9.17) is 5.10 Å². The van der Waals surface area contributed by atoms with Crippen LogP contribution in [0.25, 0.3) is 0 Å². The lowest BCUT2D eigenvalue weighted by atomic mass is 9.54. The van der Waals surface area contributed by atoms with Gasteiger partial charge in [0.25, 0.3) is 5.91 Å². The molecule has 0 aliphatic heterocycles. The Kier molecular flexibility index (Phi) is 4.44. The van der Waals surface area contributed by atoms with E-state index >= 15 is 0 Å². The first kappa shape index (κ1) is 19.2. The van der Waals surface area contributed by atoms with E-state index in [0.717, 1.165) is 29.7 Å². The van der Waals surface area contributed by atoms with Crippen LogP contribution in [0.4, 0.5) is 0 Å². The standard InChI is InChI=1S/C26H21N3O2/c1-17-22-13-12-19-16-29(25(31)18-8-4-2-5-9-18)28-24(19)26(22,14-20(15-27)23(17)30)21-10-6-3-7-11-21/h2-11,14,16-17,22H,12-13H2,1H3/t17-,22-,26+/m0/s1. The number of allylic oxidation sites excluding steroid dienone is 2. The van der Waals surface area contributed by atoms with Crippen molar-refractivity contribution < 1.29 is 9.59 Å². The van der Waals surface area contributed by atoms with E-state index in [1.54, 1.807) is 18.2 Å². The van der Waals surface area contributed by atoms with Crippen LogP contribution in [0, 0.1) is 23.2 Å². The van der Waals surface area contributed by atoms with Crippen LogP contribution in [0.15, 0.2) is 78.5 Å². The number of carbonyl (C=O) groups is 2. The number of nitrogens with zero attached hydrogens (tertiary/aromatic N) is 3. The molecule has 0 amide bonds. The maximum atomic E-state index is 13.1. The first-order chi connectivity index (χ1) is 15.1. The predicted molar refractivity (Wildman–Crippen MR) is 115 cm³/mol. The van der Waals surface area contributed by atoms with Crippen LogP contribution in [0.5, 0.6) is 0 Å². The Morgan fingerprint density at radius 3 is 2.48 bits per heavy atom. The number of aromatic nitrogens is 2. The van der Waals surface area contributed by atoms with E-state index in [9.17, 15) is 14.9 Å². The van der Waals surface area contributed by atoms with Gasteiger partial charge in [-0.1, -0.05) is 55.5 Å². The predicted octanol–water partition coefficient (Wildman–Crippen LogP) is 4.09. The molecule has 0 radical (unpaired) electrons. The van der Waals surface area contributed by atoms with Gasteiger partial charge in [0.05, 0.1) is 16.7 Å². The molecule has 1 aromatic heterocycles. The molecule has 152 valence electrons. The van der Waals surface area contributed by atoms with Gasteiger partial charge in [-0.3, -0.25) is 9.59 Å². The average Bonchev–Trinajstić information content (AvgIpc) is 3.27. The van der Waals surface area contributed by atoms with Crippen LogP contribution in [-0.2, 0) is 16.6 Å². The SMILES string of the molecule is C[C@@H]1C(=O)C(C#N)=C[C@]2(c3ccccc3)c3nn(C(=O)c4ccccc4)cc3CC[C@@H]12. The summed E-state index contributed by atoms with van der Waals surface area (Å²) in [7, 11) is 0. The molecule has 2 aliphatic carbocycles. The molecule has 5 rings (SSSR count). The van der Waals surface area contributed by atoms with Gasteiger partial charge in [0, 0.05) is 17.7 Å². The van der Waals surface area contributed by atoms with Gasteiger partial charge in [-0.25, -0.2) is 4.68 Å². The van der Waals surface area contributed by atoms with E-state index in [1.807, 2.05) is 61.7 Å². The highest BCUT2D eigenvalue weighted by atomic mass is 16.2. The molecular weight excluding hydrogens is 386 g/mol. The van der Waals surface area contributed by atoms with E-state index in [0.29, 0.717) is 5.56 Å². The zero-order chi connectivity index (χ0) is 21.6. The van der Waals surface area contributed by atoms with Crippen molar-refractivity contribution in [3.05, 3.63) is 101 Å². The third-order valence-electron chi connectivity index (χ3n) is 6.75. The van der Waals surface area contributed by atoms with Crippen molar-refractivity contribution in [1.82, 2.24) is 9.78 Å². The van der Waals surface area contributed by atoms with Crippen molar-refractivity contribution in [2.75, 3.05) is 0 Å². The molecule has 0 unspecified atom stereocenters. The summed E-state index contributed by atoms with van der Waals surface area (Å²) in [4.78, 5) is 25.9. The lowest BCUT2D eigenvalue weighted by Gasteiger charge is -2.46. The monoisotopic (exact) mass is 407 g/mol. The highest BCUT2D eigenvalue weighted by Gasteiger charge is 2.53. The minimum atomic E-state index is -0.713. The molecule has 2 aliphatic rings. The molecule has 2 aromatic carbocycles. The summed E-state index contributed by atoms with van der Waals surface area (Å²) >= 11 is 0. The van der Waals surface area contributed by atoms with Gasteiger partial charge in [-0.2, -0.15) is 10.4 Å². The lowest BCUT2D eigenvalue weighted by molar-refractivity contribution is -0.121. The molecule has 0 saturated carbocycles. The number of fused-ring (bicyclic) bond motifs is 3. The molecule has 0 fully saturated rings. The van der Waals surface area contributed by atoms with E-state index in [-0.39, 0.29) is 29.1 Å². The van der Waals surface area contributed by atoms with Crippen LogP contribution in [-0.4, -0.2) is 21.5 Å². The first-order valence-electron chi connectivity index (χ1n) is 10.5.